The van der Waals surface area contributed by atoms with Gasteiger partial charge in [-0.25, -0.2) is 0 Å². The molecule has 0 aliphatic heterocycles. The summed E-state index contributed by atoms with van der Waals surface area (Å²) in [5, 5.41) is 38.4. The van der Waals surface area contributed by atoms with Crippen molar-refractivity contribution in [2.75, 3.05) is 0 Å². The van der Waals surface area contributed by atoms with E-state index in [1.165, 1.54) is 0 Å². The third kappa shape index (κ3) is 4.43. The Morgan fingerprint density at radius 2 is 0.750 bits per heavy atom. The SMILES string of the molecule is O=C(O)CCC1(CCC(=O)O)c2ccccc2-c2cc3c(cc21)-c1ccccc1C3(CCC(=O)O)CCC(=O)O. The number of carbonyl (C=O) groups is 4. The van der Waals surface area contributed by atoms with E-state index in [1.807, 2.05) is 60.7 Å². The Morgan fingerprint density at radius 1 is 0.450 bits per heavy atom. The Hall–Kier alpha value is -4.46. The molecule has 8 heteroatoms. The number of benzene rings is 3. The van der Waals surface area contributed by atoms with Gasteiger partial charge in [-0.15, -0.1) is 0 Å². The van der Waals surface area contributed by atoms with Crippen LogP contribution in [0.2, 0.25) is 0 Å². The normalized spacial score (nSPS) is 15.0. The van der Waals surface area contributed by atoms with E-state index in [9.17, 15) is 39.6 Å². The van der Waals surface area contributed by atoms with Gasteiger partial charge in [0.2, 0.25) is 0 Å². The summed E-state index contributed by atoms with van der Waals surface area (Å²) in [5.41, 5.74) is 5.29. The molecule has 4 N–H and O–H groups in total. The molecule has 0 unspecified atom stereocenters. The number of carboxylic acid groups (broad SMARTS) is 4. The van der Waals surface area contributed by atoms with Gasteiger partial charge in [0.25, 0.3) is 0 Å². The first-order valence-electron chi connectivity index (χ1n) is 13.3. The highest BCUT2D eigenvalue weighted by Gasteiger charge is 2.48. The number of aliphatic carboxylic acids is 4. The van der Waals surface area contributed by atoms with Gasteiger partial charge in [0.05, 0.1) is 0 Å². The molecule has 0 saturated carbocycles. The molecule has 0 aromatic heterocycles. The largest absolute Gasteiger partial charge is 0.481 e. The third-order valence-corrected chi connectivity index (χ3v) is 8.72. The fourth-order valence-electron chi connectivity index (χ4n) is 7.01. The van der Waals surface area contributed by atoms with Gasteiger partial charge in [0, 0.05) is 36.5 Å². The van der Waals surface area contributed by atoms with Crippen molar-refractivity contribution >= 4 is 23.9 Å². The maximum atomic E-state index is 11.7. The second kappa shape index (κ2) is 10.3. The average Bonchev–Trinajstić information content (AvgIpc) is 3.35. The highest BCUT2D eigenvalue weighted by molar-refractivity contribution is 5.90. The fraction of sp³-hybridized carbons (Fsp3) is 0.312. The lowest BCUT2D eigenvalue weighted by Gasteiger charge is -2.33. The van der Waals surface area contributed by atoms with E-state index in [-0.39, 0.29) is 51.4 Å². The van der Waals surface area contributed by atoms with Gasteiger partial charge >= 0.3 is 23.9 Å². The average molecular weight is 543 g/mol. The van der Waals surface area contributed by atoms with E-state index in [1.54, 1.807) is 0 Å². The number of rotatable bonds is 12. The molecule has 40 heavy (non-hydrogen) atoms. The summed E-state index contributed by atoms with van der Waals surface area (Å²) in [6, 6.07) is 19.3. The standard InChI is InChI=1S/C32H30O8/c33-27(34)9-13-31(14-10-28(35)36)23-7-3-1-5-19(23)21-17-26-22(18-25(21)31)20-6-2-4-8-24(20)32(26,15-11-29(37)38)16-12-30(39)40/h1-8,17-18H,9-16H2,(H,33,34)(H,35,36)(H,37,38)(H,39,40). The number of fused-ring (bicyclic) bond motifs is 6. The lowest BCUT2D eigenvalue weighted by Crippen LogP contribution is -2.29. The molecule has 3 aromatic carbocycles. The zero-order valence-corrected chi connectivity index (χ0v) is 21.9. The van der Waals surface area contributed by atoms with Crippen LogP contribution in [0.3, 0.4) is 0 Å². The Labute approximate surface area is 230 Å². The fourth-order valence-corrected chi connectivity index (χ4v) is 7.01. The van der Waals surface area contributed by atoms with Crippen LogP contribution >= 0.6 is 0 Å². The van der Waals surface area contributed by atoms with Crippen molar-refractivity contribution < 1.29 is 39.6 Å². The van der Waals surface area contributed by atoms with Gasteiger partial charge in [0.15, 0.2) is 0 Å². The molecule has 0 fully saturated rings. The summed E-state index contributed by atoms with van der Waals surface area (Å²) < 4.78 is 0. The Balaban J connectivity index is 1.79. The van der Waals surface area contributed by atoms with E-state index in [0.29, 0.717) is 0 Å². The van der Waals surface area contributed by atoms with Crippen LogP contribution in [-0.4, -0.2) is 44.3 Å². The van der Waals surface area contributed by atoms with Crippen LogP contribution in [0.25, 0.3) is 22.3 Å². The van der Waals surface area contributed by atoms with Gasteiger partial charge in [-0.2, -0.15) is 0 Å². The van der Waals surface area contributed by atoms with Gasteiger partial charge in [-0.05, 0) is 82.3 Å². The van der Waals surface area contributed by atoms with Crippen molar-refractivity contribution in [3.8, 4) is 22.3 Å². The van der Waals surface area contributed by atoms with Crippen molar-refractivity contribution in [2.24, 2.45) is 0 Å². The van der Waals surface area contributed by atoms with Crippen LogP contribution in [0.1, 0.15) is 73.6 Å². The second-order valence-electron chi connectivity index (χ2n) is 10.8. The summed E-state index contributed by atoms with van der Waals surface area (Å²) in [6.07, 6.45) is 0.355. The quantitative estimate of drug-likeness (QED) is 0.228. The molecule has 0 radical (unpaired) electrons. The Bertz CT molecular complexity index is 1380. The van der Waals surface area contributed by atoms with Crippen molar-refractivity contribution in [3.63, 3.8) is 0 Å². The van der Waals surface area contributed by atoms with E-state index >= 15 is 0 Å². The van der Waals surface area contributed by atoms with Gasteiger partial charge < -0.3 is 20.4 Å². The topological polar surface area (TPSA) is 149 Å². The number of carboxylic acids is 4. The Morgan fingerprint density at radius 3 is 1.05 bits per heavy atom. The monoisotopic (exact) mass is 542 g/mol. The summed E-state index contributed by atoms with van der Waals surface area (Å²) >= 11 is 0. The van der Waals surface area contributed by atoms with E-state index < -0.39 is 34.7 Å². The van der Waals surface area contributed by atoms with E-state index in [0.717, 1.165) is 44.5 Å². The van der Waals surface area contributed by atoms with E-state index in [2.05, 4.69) is 0 Å². The van der Waals surface area contributed by atoms with Gasteiger partial charge in [0.1, 0.15) is 0 Å². The minimum atomic E-state index is -0.964. The van der Waals surface area contributed by atoms with E-state index in [4.69, 9.17) is 0 Å². The zero-order chi connectivity index (χ0) is 28.7. The van der Waals surface area contributed by atoms with Gasteiger partial charge in [-0.1, -0.05) is 48.5 Å². The van der Waals surface area contributed by atoms with Crippen LogP contribution in [-0.2, 0) is 30.0 Å². The second-order valence-corrected chi connectivity index (χ2v) is 10.8. The molecule has 8 nitrogen and oxygen atoms in total. The first-order valence-corrected chi connectivity index (χ1v) is 13.3. The smallest absolute Gasteiger partial charge is 0.303 e. The van der Waals surface area contributed by atoms with Gasteiger partial charge in [-0.3, -0.25) is 19.2 Å². The molecule has 0 amide bonds. The minimum absolute atomic E-state index is 0.137. The zero-order valence-electron chi connectivity index (χ0n) is 21.9. The number of hydrogen-bond acceptors (Lipinski definition) is 4. The third-order valence-electron chi connectivity index (χ3n) is 8.72. The lowest BCUT2D eigenvalue weighted by atomic mass is 9.69. The first-order chi connectivity index (χ1) is 19.1. The highest BCUT2D eigenvalue weighted by atomic mass is 16.4. The highest BCUT2D eigenvalue weighted by Crippen LogP contribution is 2.60. The molecule has 0 saturated heterocycles. The summed E-state index contributed by atoms with van der Waals surface area (Å²) in [4.78, 5) is 47.0. The maximum absolute atomic E-state index is 11.7. The van der Waals surface area contributed by atoms with Crippen LogP contribution in [0.15, 0.2) is 60.7 Å². The maximum Gasteiger partial charge on any atom is 0.303 e. The first kappa shape index (κ1) is 27.1. The van der Waals surface area contributed by atoms with Crippen LogP contribution < -0.4 is 0 Å². The molecule has 0 atom stereocenters. The van der Waals surface area contributed by atoms with Crippen LogP contribution in [0.4, 0.5) is 0 Å². The van der Waals surface area contributed by atoms with Crippen molar-refractivity contribution in [1.29, 1.82) is 0 Å². The van der Waals surface area contributed by atoms with Crippen LogP contribution in [0.5, 0.6) is 0 Å². The van der Waals surface area contributed by atoms with Crippen molar-refractivity contribution in [3.05, 3.63) is 82.9 Å². The summed E-state index contributed by atoms with van der Waals surface area (Å²) in [6.45, 7) is 0. The molecule has 0 spiro atoms. The predicted molar refractivity (Wildman–Crippen MR) is 146 cm³/mol. The number of hydrogen-bond donors (Lipinski definition) is 4. The molecule has 2 aliphatic rings. The molecule has 2 aliphatic carbocycles. The molecule has 3 aromatic rings. The van der Waals surface area contributed by atoms with Crippen LogP contribution in [0, 0.1) is 0 Å². The van der Waals surface area contributed by atoms with Crippen molar-refractivity contribution in [1.82, 2.24) is 0 Å². The molecular weight excluding hydrogens is 512 g/mol. The molecule has 5 rings (SSSR count). The molecular formula is C32H30O8. The minimum Gasteiger partial charge on any atom is -0.481 e. The molecule has 206 valence electrons. The molecule has 0 heterocycles. The van der Waals surface area contributed by atoms with Crippen molar-refractivity contribution in [2.45, 2.75) is 62.2 Å². The summed E-state index contributed by atoms with van der Waals surface area (Å²) in [7, 11) is 0. The lowest BCUT2D eigenvalue weighted by molar-refractivity contribution is -0.139. The Kier molecular flexibility index (Phi) is 6.96. The predicted octanol–water partition coefficient (Wildman–Crippen LogP) is 5.68. The summed E-state index contributed by atoms with van der Waals surface area (Å²) in [5.74, 6) is -3.86. The molecule has 0 bridgehead atoms.